The number of anilines is 1. The van der Waals surface area contributed by atoms with Crippen molar-refractivity contribution in [2.24, 2.45) is 4.99 Å². The third-order valence-corrected chi connectivity index (χ3v) is 2.49. The van der Waals surface area contributed by atoms with E-state index in [0.717, 1.165) is 16.8 Å². The first-order chi connectivity index (χ1) is 8.79. The molecule has 2 aromatic carbocycles. The molecule has 0 fully saturated rings. The van der Waals surface area contributed by atoms with E-state index in [1.165, 1.54) is 0 Å². The highest BCUT2D eigenvalue weighted by atomic mass is 16.1. The summed E-state index contributed by atoms with van der Waals surface area (Å²) in [6.45, 7) is 0. The fourth-order valence-corrected chi connectivity index (χ4v) is 1.57. The van der Waals surface area contributed by atoms with Crippen LogP contribution in [-0.2, 0) is 4.79 Å². The Hall–Kier alpha value is -2.64. The van der Waals surface area contributed by atoms with Gasteiger partial charge in [-0.15, -0.1) is 0 Å². The summed E-state index contributed by atoms with van der Waals surface area (Å²) in [4.78, 5) is 14.0. The van der Waals surface area contributed by atoms with E-state index < -0.39 is 0 Å². The van der Waals surface area contributed by atoms with Crippen LogP contribution in [0.25, 0.3) is 12.2 Å². The van der Waals surface area contributed by atoms with Crippen LogP contribution in [0.3, 0.4) is 0 Å². The molecule has 0 bridgehead atoms. The van der Waals surface area contributed by atoms with Gasteiger partial charge >= 0.3 is 0 Å². The molecule has 2 N–H and O–H groups in total. The van der Waals surface area contributed by atoms with Crippen LogP contribution in [0.15, 0.2) is 53.5 Å². The molecule has 0 saturated carbocycles. The van der Waals surface area contributed by atoms with Gasteiger partial charge in [-0.2, -0.15) is 4.99 Å². The fraction of sp³-hybridized carbons (Fsp3) is 0. The predicted octanol–water partition coefficient (Wildman–Crippen LogP) is 3.41. The van der Waals surface area contributed by atoms with Gasteiger partial charge in [-0.3, -0.25) is 0 Å². The van der Waals surface area contributed by atoms with E-state index in [0.29, 0.717) is 5.69 Å². The Morgan fingerprint density at radius 3 is 2.44 bits per heavy atom. The Morgan fingerprint density at radius 1 is 1.00 bits per heavy atom. The number of hydrogen-bond acceptors (Lipinski definition) is 3. The first-order valence-electron chi connectivity index (χ1n) is 5.50. The largest absolute Gasteiger partial charge is 0.399 e. The van der Waals surface area contributed by atoms with Crippen LogP contribution in [0.4, 0.5) is 11.4 Å². The van der Waals surface area contributed by atoms with Gasteiger partial charge in [0.1, 0.15) is 0 Å². The average molecular weight is 236 g/mol. The fourth-order valence-electron chi connectivity index (χ4n) is 1.57. The van der Waals surface area contributed by atoms with E-state index in [2.05, 4.69) is 4.99 Å². The minimum atomic E-state index is 0.610. The van der Waals surface area contributed by atoms with Gasteiger partial charge in [0.05, 0.1) is 5.69 Å². The average Bonchev–Trinajstić information content (AvgIpc) is 2.40. The van der Waals surface area contributed by atoms with Gasteiger partial charge in [0, 0.05) is 11.3 Å². The smallest absolute Gasteiger partial charge is 0.240 e. The van der Waals surface area contributed by atoms with E-state index in [1.807, 2.05) is 54.6 Å². The molecule has 0 atom stereocenters. The Labute approximate surface area is 105 Å². The van der Waals surface area contributed by atoms with Crippen molar-refractivity contribution in [3.8, 4) is 0 Å². The van der Waals surface area contributed by atoms with Crippen LogP contribution in [-0.4, -0.2) is 6.08 Å². The number of carbonyl (C=O) groups excluding carboxylic acids is 1. The lowest BCUT2D eigenvalue weighted by atomic mass is 10.1. The number of para-hydroxylation sites is 1. The minimum absolute atomic E-state index is 0.610. The number of hydrogen-bond donors (Lipinski definition) is 1. The maximum atomic E-state index is 10.3. The van der Waals surface area contributed by atoms with Crippen molar-refractivity contribution in [2.75, 3.05) is 5.73 Å². The van der Waals surface area contributed by atoms with Gasteiger partial charge in [0.25, 0.3) is 0 Å². The van der Waals surface area contributed by atoms with Crippen molar-refractivity contribution in [3.05, 3.63) is 59.7 Å². The molecule has 0 aliphatic carbocycles. The zero-order chi connectivity index (χ0) is 12.8. The lowest BCUT2D eigenvalue weighted by molar-refractivity contribution is 0.565. The normalized spacial score (nSPS) is 10.2. The Bertz CT molecular complexity index is 609. The molecule has 88 valence electrons. The summed E-state index contributed by atoms with van der Waals surface area (Å²) in [5.74, 6) is 0. The standard InChI is InChI=1S/C15H12N2O/c16-14-9-6-12(7-10-14)5-8-13-3-1-2-4-15(13)17-11-18/h1-10H,16H2. The van der Waals surface area contributed by atoms with E-state index in [-0.39, 0.29) is 0 Å². The Morgan fingerprint density at radius 2 is 1.72 bits per heavy atom. The molecular formula is C15H12N2O. The maximum absolute atomic E-state index is 10.3. The van der Waals surface area contributed by atoms with Gasteiger partial charge in [0.15, 0.2) is 0 Å². The highest BCUT2D eigenvalue weighted by Gasteiger charge is 1.95. The molecule has 3 heteroatoms. The lowest BCUT2D eigenvalue weighted by Crippen LogP contribution is -1.82. The van der Waals surface area contributed by atoms with Crippen molar-refractivity contribution in [2.45, 2.75) is 0 Å². The van der Waals surface area contributed by atoms with E-state index in [1.54, 1.807) is 12.1 Å². The van der Waals surface area contributed by atoms with Crippen LogP contribution in [0.5, 0.6) is 0 Å². The molecular weight excluding hydrogens is 224 g/mol. The van der Waals surface area contributed by atoms with Crippen molar-refractivity contribution in [1.29, 1.82) is 0 Å². The number of rotatable bonds is 3. The molecule has 0 aliphatic heterocycles. The van der Waals surface area contributed by atoms with Crippen LogP contribution >= 0.6 is 0 Å². The number of aliphatic imine (C=N–C) groups is 1. The molecule has 0 aliphatic rings. The molecule has 2 aromatic rings. The van der Waals surface area contributed by atoms with Crippen molar-refractivity contribution in [1.82, 2.24) is 0 Å². The quantitative estimate of drug-likeness (QED) is 0.384. The van der Waals surface area contributed by atoms with Gasteiger partial charge in [0.2, 0.25) is 6.08 Å². The molecule has 2 rings (SSSR count). The highest BCUT2D eigenvalue weighted by Crippen LogP contribution is 2.20. The Balaban J connectivity index is 2.28. The third kappa shape index (κ3) is 2.94. The second kappa shape index (κ2) is 5.62. The maximum Gasteiger partial charge on any atom is 0.240 e. The zero-order valence-electron chi connectivity index (χ0n) is 9.71. The monoisotopic (exact) mass is 236 g/mol. The number of isocyanates is 1. The second-order valence-electron chi connectivity index (χ2n) is 3.76. The van der Waals surface area contributed by atoms with Crippen LogP contribution in [0, 0.1) is 0 Å². The summed E-state index contributed by atoms with van der Waals surface area (Å²) in [7, 11) is 0. The minimum Gasteiger partial charge on any atom is -0.399 e. The number of benzene rings is 2. The highest BCUT2D eigenvalue weighted by molar-refractivity contribution is 5.76. The van der Waals surface area contributed by atoms with Gasteiger partial charge < -0.3 is 5.73 Å². The molecule has 0 heterocycles. The van der Waals surface area contributed by atoms with E-state index >= 15 is 0 Å². The van der Waals surface area contributed by atoms with Crippen molar-refractivity contribution in [3.63, 3.8) is 0 Å². The summed E-state index contributed by atoms with van der Waals surface area (Å²) in [6, 6.07) is 14.9. The molecule has 3 nitrogen and oxygen atoms in total. The van der Waals surface area contributed by atoms with Gasteiger partial charge in [-0.1, -0.05) is 42.5 Å². The first kappa shape index (κ1) is 11.8. The van der Waals surface area contributed by atoms with Crippen LogP contribution in [0.2, 0.25) is 0 Å². The molecule has 0 radical (unpaired) electrons. The lowest BCUT2D eigenvalue weighted by Gasteiger charge is -1.98. The van der Waals surface area contributed by atoms with Crippen molar-refractivity contribution < 1.29 is 4.79 Å². The molecule has 0 spiro atoms. The predicted molar refractivity (Wildman–Crippen MR) is 74.0 cm³/mol. The van der Waals surface area contributed by atoms with E-state index in [9.17, 15) is 4.79 Å². The summed E-state index contributed by atoms with van der Waals surface area (Å²) < 4.78 is 0. The first-order valence-corrected chi connectivity index (χ1v) is 5.50. The van der Waals surface area contributed by atoms with Crippen LogP contribution < -0.4 is 5.73 Å². The zero-order valence-corrected chi connectivity index (χ0v) is 9.71. The summed E-state index contributed by atoms with van der Waals surface area (Å²) in [5, 5.41) is 0. The van der Waals surface area contributed by atoms with Crippen molar-refractivity contribution >= 4 is 29.6 Å². The van der Waals surface area contributed by atoms with Gasteiger partial charge in [-0.05, 0) is 23.8 Å². The summed E-state index contributed by atoms with van der Waals surface area (Å²) in [5.41, 5.74) is 8.87. The topological polar surface area (TPSA) is 55.4 Å². The molecule has 0 saturated heterocycles. The molecule has 18 heavy (non-hydrogen) atoms. The SMILES string of the molecule is Nc1ccc(C=Cc2ccccc2N=C=O)cc1. The Kier molecular flexibility index (Phi) is 3.69. The molecule has 0 aromatic heterocycles. The molecule has 0 unspecified atom stereocenters. The third-order valence-electron chi connectivity index (χ3n) is 2.49. The van der Waals surface area contributed by atoms with E-state index in [4.69, 9.17) is 5.73 Å². The van der Waals surface area contributed by atoms with Crippen LogP contribution in [0.1, 0.15) is 11.1 Å². The van der Waals surface area contributed by atoms with Gasteiger partial charge in [-0.25, -0.2) is 4.79 Å². The summed E-state index contributed by atoms with van der Waals surface area (Å²) in [6.07, 6.45) is 5.40. The summed E-state index contributed by atoms with van der Waals surface area (Å²) >= 11 is 0. The second-order valence-corrected chi connectivity index (χ2v) is 3.76. The molecule has 0 amide bonds. The number of nitrogen functional groups attached to an aromatic ring is 1. The number of nitrogens with two attached hydrogens (primary N) is 1. The number of nitrogens with zero attached hydrogens (tertiary/aromatic N) is 1.